The number of nitrogens with zero attached hydrogens (tertiary/aromatic N) is 2. The minimum Gasteiger partial charge on any atom is -0.444 e. The van der Waals surface area contributed by atoms with Gasteiger partial charge in [-0.15, -0.1) is 0 Å². The summed E-state index contributed by atoms with van der Waals surface area (Å²) in [5, 5.41) is 0. The van der Waals surface area contributed by atoms with Gasteiger partial charge in [-0.05, 0) is 49.9 Å². The van der Waals surface area contributed by atoms with Crippen molar-refractivity contribution in [3.05, 3.63) is 96.1 Å². The van der Waals surface area contributed by atoms with Gasteiger partial charge in [-0.3, -0.25) is 9.69 Å². The lowest BCUT2D eigenvalue weighted by Gasteiger charge is -2.32. The van der Waals surface area contributed by atoms with Crippen LogP contribution in [-0.4, -0.2) is 47.0 Å². The van der Waals surface area contributed by atoms with Gasteiger partial charge >= 0.3 is 6.09 Å². The largest absolute Gasteiger partial charge is 0.444 e. The molecule has 0 radical (unpaired) electrons. The summed E-state index contributed by atoms with van der Waals surface area (Å²) in [6.07, 6.45) is 0.294. The molecule has 3 aromatic carbocycles. The van der Waals surface area contributed by atoms with Gasteiger partial charge in [-0.25, -0.2) is 4.79 Å². The maximum atomic E-state index is 13.7. The summed E-state index contributed by atoms with van der Waals surface area (Å²) in [4.78, 5) is 30.5. The Balaban J connectivity index is 1.61. The molecule has 1 aliphatic rings. The lowest BCUT2D eigenvalue weighted by atomic mass is 9.98. The molecule has 1 fully saturated rings. The Kier molecular flexibility index (Phi) is 7.01. The van der Waals surface area contributed by atoms with E-state index < -0.39 is 5.60 Å². The molecule has 4 rings (SSSR count). The van der Waals surface area contributed by atoms with Crippen LogP contribution in [0.1, 0.15) is 49.2 Å². The fourth-order valence-electron chi connectivity index (χ4n) is 4.40. The van der Waals surface area contributed by atoms with Gasteiger partial charge in [0.2, 0.25) is 0 Å². The number of ether oxygens (including phenoxy) is 1. The monoisotopic (exact) mass is 456 g/mol. The Morgan fingerprint density at radius 3 is 2.09 bits per heavy atom. The number of carbonyl (C=O) groups is 2. The zero-order valence-electron chi connectivity index (χ0n) is 20.1. The summed E-state index contributed by atoms with van der Waals surface area (Å²) in [6.45, 7) is 7.03. The van der Waals surface area contributed by atoms with Gasteiger partial charge in [0.05, 0.1) is 6.04 Å². The maximum absolute atomic E-state index is 13.7. The third-order valence-corrected chi connectivity index (χ3v) is 6.00. The highest BCUT2D eigenvalue weighted by Crippen LogP contribution is 2.30. The van der Waals surface area contributed by atoms with Crippen LogP contribution in [0, 0.1) is 0 Å². The number of carbonyl (C=O) groups excluding carboxylic acids is 2. The molecule has 1 saturated heterocycles. The van der Waals surface area contributed by atoms with Crippen molar-refractivity contribution in [2.24, 2.45) is 0 Å². The van der Waals surface area contributed by atoms with Crippen LogP contribution in [0.3, 0.4) is 0 Å². The second-order valence-electron chi connectivity index (χ2n) is 9.59. The Morgan fingerprint density at radius 2 is 1.41 bits per heavy atom. The standard InChI is InChI=1S/C29H32N2O3/c1-29(2,3)34-28(33)31-21-20-30(19-18-26(31)23-14-8-5-9-15-23)27(32)25-17-11-10-16-24(25)22-12-6-4-7-13-22/h4-17,26H,18-21H2,1-3H3. The van der Waals surface area contributed by atoms with Crippen molar-refractivity contribution in [2.75, 3.05) is 19.6 Å². The van der Waals surface area contributed by atoms with Crippen molar-refractivity contribution in [3.63, 3.8) is 0 Å². The zero-order valence-corrected chi connectivity index (χ0v) is 20.1. The number of rotatable bonds is 3. The lowest BCUT2D eigenvalue weighted by molar-refractivity contribution is 0.0167. The molecule has 0 N–H and O–H groups in total. The van der Waals surface area contributed by atoms with E-state index in [0.29, 0.717) is 31.6 Å². The maximum Gasteiger partial charge on any atom is 0.410 e. The highest BCUT2D eigenvalue weighted by atomic mass is 16.6. The van der Waals surface area contributed by atoms with E-state index in [4.69, 9.17) is 4.74 Å². The Bertz CT molecular complexity index is 1120. The van der Waals surface area contributed by atoms with E-state index in [1.54, 1.807) is 4.90 Å². The number of amides is 2. The summed E-state index contributed by atoms with van der Waals surface area (Å²) < 4.78 is 5.73. The third-order valence-electron chi connectivity index (χ3n) is 6.00. The average Bonchev–Trinajstić information content (AvgIpc) is 3.07. The molecule has 0 saturated carbocycles. The second-order valence-corrected chi connectivity index (χ2v) is 9.59. The van der Waals surface area contributed by atoms with Gasteiger partial charge in [0.15, 0.2) is 0 Å². The Hall–Kier alpha value is -3.60. The molecule has 3 aromatic rings. The van der Waals surface area contributed by atoms with E-state index >= 15 is 0 Å². The van der Waals surface area contributed by atoms with Crippen LogP contribution >= 0.6 is 0 Å². The molecule has 0 spiro atoms. The van der Waals surface area contributed by atoms with Crippen molar-refractivity contribution < 1.29 is 14.3 Å². The summed E-state index contributed by atoms with van der Waals surface area (Å²) >= 11 is 0. The van der Waals surface area contributed by atoms with Crippen LogP contribution in [0.2, 0.25) is 0 Å². The van der Waals surface area contributed by atoms with Crippen LogP contribution < -0.4 is 0 Å². The van der Waals surface area contributed by atoms with Gasteiger partial charge in [0.1, 0.15) is 5.60 Å². The molecule has 34 heavy (non-hydrogen) atoms. The summed E-state index contributed by atoms with van der Waals surface area (Å²) in [7, 11) is 0. The molecule has 176 valence electrons. The second kappa shape index (κ2) is 10.1. The zero-order chi connectivity index (χ0) is 24.1. The molecule has 5 heteroatoms. The minimum absolute atomic E-state index is 0.0164. The van der Waals surface area contributed by atoms with Gasteiger partial charge in [-0.2, -0.15) is 0 Å². The first-order valence-corrected chi connectivity index (χ1v) is 11.8. The predicted molar refractivity (Wildman–Crippen MR) is 135 cm³/mol. The first-order valence-electron chi connectivity index (χ1n) is 11.8. The van der Waals surface area contributed by atoms with Crippen molar-refractivity contribution >= 4 is 12.0 Å². The van der Waals surface area contributed by atoms with E-state index in [1.165, 1.54) is 0 Å². The van der Waals surface area contributed by atoms with Gasteiger partial charge in [-0.1, -0.05) is 78.9 Å². The minimum atomic E-state index is -0.589. The van der Waals surface area contributed by atoms with Crippen LogP contribution in [0.4, 0.5) is 4.79 Å². The average molecular weight is 457 g/mol. The molecule has 1 unspecified atom stereocenters. The fraction of sp³-hybridized carbons (Fsp3) is 0.310. The van der Waals surface area contributed by atoms with Gasteiger partial charge in [0.25, 0.3) is 5.91 Å². The number of benzene rings is 3. The predicted octanol–water partition coefficient (Wildman–Crippen LogP) is 6.18. The molecule has 1 heterocycles. The third kappa shape index (κ3) is 5.48. The fourth-order valence-corrected chi connectivity index (χ4v) is 4.40. The van der Waals surface area contributed by atoms with Crippen LogP contribution in [0.15, 0.2) is 84.9 Å². The number of hydrogen-bond acceptors (Lipinski definition) is 3. The Morgan fingerprint density at radius 1 is 0.794 bits per heavy atom. The smallest absolute Gasteiger partial charge is 0.410 e. The summed E-state index contributed by atoms with van der Waals surface area (Å²) in [5.74, 6) is -0.0164. The van der Waals surface area contributed by atoms with E-state index in [2.05, 4.69) is 0 Å². The molecular formula is C29H32N2O3. The molecular weight excluding hydrogens is 424 g/mol. The highest BCUT2D eigenvalue weighted by Gasteiger charge is 2.33. The number of hydrogen-bond donors (Lipinski definition) is 0. The topological polar surface area (TPSA) is 49.9 Å². The van der Waals surface area contributed by atoms with Crippen molar-refractivity contribution in [1.82, 2.24) is 9.80 Å². The summed E-state index contributed by atoms with van der Waals surface area (Å²) in [5.41, 5.74) is 3.07. The van der Waals surface area contributed by atoms with Crippen molar-refractivity contribution in [1.29, 1.82) is 0 Å². The SMILES string of the molecule is CC(C)(C)OC(=O)N1CCN(C(=O)c2ccccc2-c2ccccc2)CCC1c1ccccc1. The van der Waals surface area contributed by atoms with Crippen LogP contribution in [-0.2, 0) is 4.74 Å². The van der Waals surface area contributed by atoms with Crippen LogP contribution in [0.5, 0.6) is 0 Å². The van der Waals surface area contributed by atoms with Crippen molar-refractivity contribution in [2.45, 2.75) is 38.8 Å². The molecule has 1 aliphatic heterocycles. The molecule has 0 aliphatic carbocycles. The molecule has 2 amide bonds. The van der Waals surface area contributed by atoms with E-state index in [-0.39, 0.29) is 18.0 Å². The van der Waals surface area contributed by atoms with E-state index in [0.717, 1.165) is 16.7 Å². The molecule has 0 bridgehead atoms. The molecule has 5 nitrogen and oxygen atoms in total. The summed E-state index contributed by atoms with van der Waals surface area (Å²) in [6, 6.07) is 27.5. The first kappa shape index (κ1) is 23.6. The van der Waals surface area contributed by atoms with E-state index in [9.17, 15) is 9.59 Å². The van der Waals surface area contributed by atoms with E-state index in [1.807, 2.05) is 111 Å². The van der Waals surface area contributed by atoms with Crippen LogP contribution in [0.25, 0.3) is 11.1 Å². The quantitative estimate of drug-likeness (QED) is 0.473. The van der Waals surface area contributed by atoms with Gasteiger partial charge < -0.3 is 9.64 Å². The lowest BCUT2D eigenvalue weighted by Crippen LogP contribution is -2.41. The van der Waals surface area contributed by atoms with Crippen molar-refractivity contribution in [3.8, 4) is 11.1 Å². The molecule has 1 atom stereocenters. The Labute approximate surface area is 202 Å². The first-order chi connectivity index (χ1) is 16.3. The molecule has 0 aromatic heterocycles. The highest BCUT2D eigenvalue weighted by molar-refractivity contribution is 6.01. The van der Waals surface area contributed by atoms with Gasteiger partial charge in [0, 0.05) is 25.2 Å². The normalized spacial score (nSPS) is 16.6.